The third-order valence-electron chi connectivity index (χ3n) is 5.90. The molecule has 2 aromatic carbocycles. The van der Waals surface area contributed by atoms with Gasteiger partial charge in [0, 0.05) is 24.2 Å². The van der Waals surface area contributed by atoms with Crippen molar-refractivity contribution in [2.45, 2.75) is 57.7 Å². The van der Waals surface area contributed by atoms with Crippen LogP contribution in [0.5, 0.6) is 5.75 Å². The smallest absolute Gasteiger partial charge is 0.224 e. The van der Waals surface area contributed by atoms with E-state index in [-0.39, 0.29) is 18.3 Å². The van der Waals surface area contributed by atoms with Crippen LogP contribution in [0, 0.1) is 12.8 Å². The van der Waals surface area contributed by atoms with Gasteiger partial charge in [-0.15, -0.1) is 12.4 Å². The molecule has 1 amide bonds. The molecule has 2 aliphatic heterocycles. The lowest BCUT2D eigenvalue weighted by Crippen LogP contribution is -2.39. The van der Waals surface area contributed by atoms with Crippen molar-refractivity contribution in [3.8, 4) is 5.75 Å². The SMILES string of the molecule is Cc1c(COc2ccccc2)cccc1NC(=O)CC1CC2CCC(C1)N2.Cl. The lowest BCUT2D eigenvalue weighted by atomic mass is 9.89. The standard InChI is InChI=1S/C23H28N2O2.ClH/c1-16-18(15-27-21-7-3-2-4-8-21)6-5-9-22(16)25-23(26)14-17-12-19-10-11-20(13-17)24-19;/h2-9,17,19-20,24H,10-15H2,1H3,(H,25,26);1H. The molecule has 0 spiro atoms. The Bertz CT molecular complexity index is 784. The lowest BCUT2D eigenvalue weighted by Gasteiger charge is -2.28. The summed E-state index contributed by atoms with van der Waals surface area (Å²) in [4.78, 5) is 12.6. The van der Waals surface area contributed by atoms with Crippen molar-refractivity contribution in [1.82, 2.24) is 5.32 Å². The van der Waals surface area contributed by atoms with Crippen LogP contribution in [0.4, 0.5) is 5.69 Å². The molecule has 2 fully saturated rings. The maximum absolute atomic E-state index is 12.6. The molecule has 2 aliphatic rings. The third-order valence-corrected chi connectivity index (χ3v) is 5.90. The zero-order valence-electron chi connectivity index (χ0n) is 16.3. The quantitative estimate of drug-likeness (QED) is 0.728. The fraction of sp³-hybridized carbons (Fsp3) is 0.435. The van der Waals surface area contributed by atoms with Gasteiger partial charge in [0.25, 0.3) is 0 Å². The predicted molar refractivity (Wildman–Crippen MR) is 115 cm³/mol. The van der Waals surface area contributed by atoms with Gasteiger partial charge in [-0.2, -0.15) is 0 Å². The van der Waals surface area contributed by atoms with Gasteiger partial charge < -0.3 is 15.4 Å². The van der Waals surface area contributed by atoms with Crippen molar-refractivity contribution in [3.05, 3.63) is 59.7 Å². The highest BCUT2D eigenvalue weighted by Gasteiger charge is 2.34. The van der Waals surface area contributed by atoms with Crippen LogP contribution in [0.2, 0.25) is 0 Å². The van der Waals surface area contributed by atoms with E-state index in [4.69, 9.17) is 4.74 Å². The number of para-hydroxylation sites is 1. The Labute approximate surface area is 173 Å². The number of benzene rings is 2. The molecule has 5 heteroatoms. The van der Waals surface area contributed by atoms with Crippen LogP contribution in [-0.4, -0.2) is 18.0 Å². The van der Waals surface area contributed by atoms with Crippen LogP contribution in [0.15, 0.2) is 48.5 Å². The summed E-state index contributed by atoms with van der Waals surface area (Å²) < 4.78 is 5.87. The van der Waals surface area contributed by atoms with Gasteiger partial charge >= 0.3 is 0 Å². The van der Waals surface area contributed by atoms with Crippen molar-refractivity contribution >= 4 is 24.0 Å². The number of rotatable bonds is 6. The average molecular weight is 401 g/mol. The van der Waals surface area contributed by atoms with Gasteiger partial charge in [-0.05, 0) is 67.9 Å². The Balaban J connectivity index is 0.00000225. The normalized spacial score (nSPS) is 23.0. The minimum atomic E-state index is 0. The summed E-state index contributed by atoms with van der Waals surface area (Å²) in [6, 6.07) is 17.1. The second-order valence-electron chi connectivity index (χ2n) is 7.92. The summed E-state index contributed by atoms with van der Waals surface area (Å²) in [6.07, 6.45) is 5.43. The molecular weight excluding hydrogens is 372 g/mol. The first kappa shape index (κ1) is 20.7. The van der Waals surface area contributed by atoms with Gasteiger partial charge in [0.15, 0.2) is 0 Å². The van der Waals surface area contributed by atoms with Crippen molar-refractivity contribution in [2.75, 3.05) is 5.32 Å². The van der Waals surface area contributed by atoms with Crippen molar-refractivity contribution in [3.63, 3.8) is 0 Å². The number of carbonyl (C=O) groups is 1. The number of nitrogens with one attached hydrogen (secondary N) is 2. The number of piperidine rings is 1. The molecule has 150 valence electrons. The van der Waals surface area contributed by atoms with E-state index in [1.807, 2.05) is 49.4 Å². The summed E-state index contributed by atoms with van der Waals surface area (Å²) in [7, 11) is 0. The van der Waals surface area contributed by atoms with Gasteiger partial charge in [-0.25, -0.2) is 0 Å². The topological polar surface area (TPSA) is 50.4 Å². The van der Waals surface area contributed by atoms with Crippen molar-refractivity contribution in [1.29, 1.82) is 0 Å². The van der Waals surface area contributed by atoms with Crippen LogP contribution >= 0.6 is 12.4 Å². The zero-order chi connectivity index (χ0) is 18.6. The van der Waals surface area contributed by atoms with Crippen LogP contribution in [-0.2, 0) is 11.4 Å². The van der Waals surface area contributed by atoms with E-state index in [1.54, 1.807) is 0 Å². The number of halogens is 1. The van der Waals surface area contributed by atoms with Crippen LogP contribution in [0.25, 0.3) is 0 Å². The fourth-order valence-electron chi connectivity index (χ4n) is 4.46. The maximum Gasteiger partial charge on any atom is 0.224 e. The summed E-state index contributed by atoms with van der Waals surface area (Å²) in [5.74, 6) is 1.49. The molecule has 0 aliphatic carbocycles. The number of hydrogen-bond donors (Lipinski definition) is 2. The summed E-state index contributed by atoms with van der Waals surface area (Å²) in [5.41, 5.74) is 3.06. The molecule has 2 atom stereocenters. The molecule has 28 heavy (non-hydrogen) atoms. The number of hydrogen-bond acceptors (Lipinski definition) is 3. The van der Waals surface area contributed by atoms with E-state index in [9.17, 15) is 4.79 Å². The van der Waals surface area contributed by atoms with Gasteiger partial charge in [0.2, 0.25) is 5.91 Å². The molecule has 0 aromatic heterocycles. The molecule has 4 rings (SSSR count). The molecule has 4 nitrogen and oxygen atoms in total. The second-order valence-corrected chi connectivity index (χ2v) is 7.92. The average Bonchev–Trinajstić information content (AvgIpc) is 3.01. The van der Waals surface area contributed by atoms with Gasteiger partial charge in [0.05, 0.1) is 0 Å². The molecule has 2 bridgehead atoms. The van der Waals surface area contributed by atoms with E-state index >= 15 is 0 Å². The monoisotopic (exact) mass is 400 g/mol. The molecule has 2 unspecified atom stereocenters. The van der Waals surface area contributed by atoms with Crippen LogP contribution in [0.1, 0.15) is 43.2 Å². The molecule has 2 saturated heterocycles. The molecule has 0 radical (unpaired) electrons. The number of fused-ring (bicyclic) bond motifs is 2. The Morgan fingerprint density at radius 1 is 1.07 bits per heavy atom. The van der Waals surface area contributed by atoms with E-state index in [0.717, 1.165) is 35.4 Å². The number of ether oxygens (including phenoxy) is 1. The van der Waals surface area contributed by atoms with Gasteiger partial charge in [-0.1, -0.05) is 30.3 Å². The van der Waals surface area contributed by atoms with Crippen molar-refractivity contribution in [2.24, 2.45) is 5.92 Å². The number of amides is 1. The highest BCUT2D eigenvalue weighted by molar-refractivity contribution is 5.91. The highest BCUT2D eigenvalue weighted by Crippen LogP contribution is 2.33. The van der Waals surface area contributed by atoms with E-state index in [1.165, 1.54) is 12.8 Å². The minimum absolute atomic E-state index is 0. The predicted octanol–water partition coefficient (Wildman–Crippen LogP) is 4.86. The molecule has 2 heterocycles. The Morgan fingerprint density at radius 3 is 2.50 bits per heavy atom. The van der Waals surface area contributed by atoms with E-state index in [2.05, 4.69) is 16.7 Å². The number of carbonyl (C=O) groups excluding carboxylic acids is 1. The van der Waals surface area contributed by atoms with Crippen molar-refractivity contribution < 1.29 is 9.53 Å². The highest BCUT2D eigenvalue weighted by atomic mass is 35.5. The summed E-state index contributed by atoms with van der Waals surface area (Å²) in [5, 5.41) is 6.77. The van der Waals surface area contributed by atoms with E-state index in [0.29, 0.717) is 31.0 Å². The van der Waals surface area contributed by atoms with E-state index < -0.39 is 0 Å². The van der Waals surface area contributed by atoms with Crippen LogP contribution in [0.3, 0.4) is 0 Å². The third kappa shape index (κ3) is 5.06. The molecule has 2 aromatic rings. The minimum Gasteiger partial charge on any atom is -0.489 e. The lowest BCUT2D eigenvalue weighted by molar-refractivity contribution is -0.117. The Morgan fingerprint density at radius 2 is 1.79 bits per heavy atom. The van der Waals surface area contributed by atoms with Gasteiger partial charge in [0.1, 0.15) is 12.4 Å². The summed E-state index contributed by atoms with van der Waals surface area (Å²) >= 11 is 0. The first-order chi connectivity index (χ1) is 13.2. The Kier molecular flexibility index (Phi) is 6.97. The largest absolute Gasteiger partial charge is 0.489 e. The molecular formula is C23H29ClN2O2. The first-order valence-electron chi connectivity index (χ1n) is 9.99. The first-order valence-corrected chi connectivity index (χ1v) is 9.99. The van der Waals surface area contributed by atoms with Crippen LogP contribution < -0.4 is 15.4 Å². The number of anilines is 1. The maximum atomic E-state index is 12.6. The zero-order valence-corrected chi connectivity index (χ0v) is 17.1. The fourth-order valence-corrected chi connectivity index (χ4v) is 4.46. The molecule has 0 saturated carbocycles. The van der Waals surface area contributed by atoms with Gasteiger partial charge in [-0.3, -0.25) is 4.79 Å². The molecule has 2 N–H and O–H groups in total. The second kappa shape index (κ2) is 9.44. The summed E-state index contributed by atoms with van der Waals surface area (Å²) in [6.45, 7) is 2.54. The Hall–Kier alpha value is -2.04.